The van der Waals surface area contributed by atoms with Gasteiger partial charge in [0, 0.05) is 32.3 Å². The van der Waals surface area contributed by atoms with Crippen molar-refractivity contribution in [1.82, 2.24) is 9.13 Å². The number of aryl methyl sites for hydroxylation is 2. The molecule has 4 N–H and O–H groups in total. The fourth-order valence-electron chi connectivity index (χ4n) is 2.52. The maximum absolute atomic E-state index is 9.17. The molecule has 2 aromatic rings. The Kier molecular flexibility index (Phi) is 3.02. The Bertz CT molecular complexity index is 538. The van der Waals surface area contributed by atoms with Gasteiger partial charge < -0.3 is 25.3 Å². The van der Waals surface area contributed by atoms with E-state index in [1.54, 1.807) is 0 Å². The van der Waals surface area contributed by atoms with E-state index in [1.165, 1.54) is 5.56 Å². The predicted octanol–water partition coefficient (Wildman–Crippen LogP) is 1.16. The SMILES string of the molecule is CCc1c(NC)n(CCO)c2cc(N)n(C)c12. The van der Waals surface area contributed by atoms with Gasteiger partial charge in [0.05, 0.1) is 17.6 Å². The number of nitrogens with one attached hydrogen (secondary N) is 1. The standard InChI is InChI=1S/C12H20N4O/c1-4-8-11-9(7-10(13)15(11)3)16(5-6-17)12(8)14-2/h7,14,17H,4-6,13H2,1-3H3. The summed E-state index contributed by atoms with van der Waals surface area (Å²) in [6.45, 7) is 2.83. The number of aromatic nitrogens is 2. The highest BCUT2D eigenvalue weighted by atomic mass is 16.3. The molecule has 0 spiro atoms. The minimum atomic E-state index is 0.121. The summed E-state index contributed by atoms with van der Waals surface area (Å²) in [5, 5.41) is 12.4. The molecule has 0 unspecified atom stereocenters. The molecule has 0 saturated carbocycles. The number of fused-ring (bicyclic) bond motifs is 1. The van der Waals surface area contributed by atoms with Crippen molar-refractivity contribution in [3.05, 3.63) is 11.6 Å². The first-order chi connectivity index (χ1) is 8.15. The molecule has 5 nitrogen and oxygen atoms in total. The summed E-state index contributed by atoms with van der Waals surface area (Å²) in [5.74, 6) is 1.82. The predicted molar refractivity (Wildman–Crippen MR) is 71.3 cm³/mol. The van der Waals surface area contributed by atoms with Crippen LogP contribution < -0.4 is 11.1 Å². The molecule has 2 aromatic heterocycles. The van der Waals surface area contributed by atoms with Crippen molar-refractivity contribution in [2.24, 2.45) is 7.05 Å². The van der Waals surface area contributed by atoms with Crippen LogP contribution in [0.3, 0.4) is 0 Å². The molecule has 0 fully saturated rings. The van der Waals surface area contributed by atoms with Gasteiger partial charge in [0.2, 0.25) is 0 Å². The molecule has 0 aliphatic heterocycles. The molecule has 0 radical (unpaired) electrons. The van der Waals surface area contributed by atoms with Gasteiger partial charge in [-0.2, -0.15) is 0 Å². The number of hydrogen-bond acceptors (Lipinski definition) is 3. The molecule has 0 aliphatic carbocycles. The van der Waals surface area contributed by atoms with Crippen LogP contribution in [0, 0.1) is 0 Å². The number of aliphatic hydroxyl groups is 1. The van der Waals surface area contributed by atoms with Crippen LogP contribution in [0.5, 0.6) is 0 Å². The monoisotopic (exact) mass is 236 g/mol. The quantitative estimate of drug-likeness (QED) is 0.746. The fraction of sp³-hybridized carbons (Fsp3) is 0.500. The molecular weight excluding hydrogens is 216 g/mol. The third-order valence-corrected chi connectivity index (χ3v) is 3.30. The Labute approximate surface area is 101 Å². The van der Waals surface area contributed by atoms with Crippen molar-refractivity contribution in [3.63, 3.8) is 0 Å². The number of nitrogens with zero attached hydrogens (tertiary/aromatic N) is 2. The van der Waals surface area contributed by atoms with Crippen LogP contribution in [0.15, 0.2) is 6.07 Å². The van der Waals surface area contributed by atoms with Crippen LogP contribution in [-0.4, -0.2) is 27.9 Å². The lowest BCUT2D eigenvalue weighted by Gasteiger charge is -2.09. The Hall–Kier alpha value is -1.62. The van der Waals surface area contributed by atoms with Gasteiger partial charge >= 0.3 is 0 Å². The van der Waals surface area contributed by atoms with Crippen LogP contribution in [0.25, 0.3) is 11.0 Å². The molecule has 17 heavy (non-hydrogen) atoms. The van der Waals surface area contributed by atoms with Crippen LogP contribution in [0.2, 0.25) is 0 Å². The van der Waals surface area contributed by atoms with E-state index in [2.05, 4.69) is 16.8 Å². The van der Waals surface area contributed by atoms with Crippen molar-refractivity contribution < 1.29 is 5.11 Å². The van der Waals surface area contributed by atoms with Crippen LogP contribution in [0.4, 0.5) is 11.6 Å². The molecule has 0 amide bonds. The van der Waals surface area contributed by atoms with Gasteiger partial charge in [0.25, 0.3) is 0 Å². The number of nitrogens with two attached hydrogens (primary N) is 1. The Balaban J connectivity index is 2.80. The average molecular weight is 236 g/mol. The highest BCUT2D eigenvalue weighted by Crippen LogP contribution is 2.33. The highest BCUT2D eigenvalue weighted by molar-refractivity contribution is 5.90. The van der Waals surface area contributed by atoms with Gasteiger partial charge in [0.15, 0.2) is 0 Å². The summed E-state index contributed by atoms with van der Waals surface area (Å²) in [6, 6.07) is 1.96. The summed E-state index contributed by atoms with van der Waals surface area (Å²) in [5.41, 5.74) is 9.43. The van der Waals surface area contributed by atoms with Crippen molar-refractivity contribution >= 4 is 22.7 Å². The number of anilines is 2. The van der Waals surface area contributed by atoms with E-state index < -0.39 is 0 Å². The lowest BCUT2D eigenvalue weighted by molar-refractivity contribution is 0.279. The van der Waals surface area contributed by atoms with E-state index in [1.807, 2.05) is 24.7 Å². The third kappa shape index (κ3) is 1.58. The van der Waals surface area contributed by atoms with Gasteiger partial charge in [-0.3, -0.25) is 0 Å². The largest absolute Gasteiger partial charge is 0.395 e. The van der Waals surface area contributed by atoms with Crippen LogP contribution >= 0.6 is 0 Å². The first-order valence-electron chi connectivity index (χ1n) is 5.90. The van der Waals surface area contributed by atoms with E-state index in [9.17, 15) is 5.11 Å². The molecule has 0 aliphatic rings. The lowest BCUT2D eigenvalue weighted by atomic mass is 10.2. The number of rotatable bonds is 4. The Morgan fingerprint density at radius 3 is 2.71 bits per heavy atom. The van der Waals surface area contributed by atoms with E-state index in [0.29, 0.717) is 6.54 Å². The molecule has 0 atom stereocenters. The second kappa shape index (κ2) is 4.33. The van der Waals surface area contributed by atoms with Gasteiger partial charge in [0.1, 0.15) is 11.6 Å². The average Bonchev–Trinajstić information content (AvgIpc) is 2.76. The summed E-state index contributed by atoms with van der Waals surface area (Å²) in [7, 11) is 3.88. The van der Waals surface area contributed by atoms with Gasteiger partial charge in [-0.25, -0.2) is 0 Å². The Morgan fingerprint density at radius 2 is 2.18 bits per heavy atom. The molecular formula is C12H20N4O. The normalized spacial score (nSPS) is 11.3. The van der Waals surface area contributed by atoms with Crippen molar-refractivity contribution in [2.45, 2.75) is 19.9 Å². The zero-order chi connectivity index (χ0) is 12.6. The molecule has 0 bridgehead atoms. The van der Waals surface area contributed by atoms with Crippen LogP contribution in [-0.2, 0) is 20.0 Å². The second-order valence-corrected chi connectivity index (χ2v) is 4.17. The highest BCUT2D eigenvalue weighted by Gasteiger charge is 2.18. The first-order valence-corrected chi connectivity index (χ1v) is 5.90. The van der Waals surface area contributed by atoms with E-state index in [4.69, 9.17) is 5.73 Å². The van der Waals surface area contributed by atoms with Crippen molar-refractivity contribution in [2.75, 3.05) is 24.7 Å². The van der Waals surface area contributed by atoms with E-state index in [0.717, 1.165) is 29.1 Å². The smallest absolute Gasteiger partial charge is 0.111 e. The first kappa shape index (κ1) is 11.9. The van der Waals surface area contributed by atoms with E-state index in [-0.39, 0.29) is 6.61 Å². The summed E-state index contributed by atoms with van der Waals surface area (Å²) < 4.78 is 4.09. The second-order valence-electron chi connectivity index (χ2n) is 4.17. The minimum absolute atomic E-state index is 0.121. The molecule has 94 valence electrons. The zero-order valence-corrected chi connectivity index (χ0v) is 10.6. The maximum Gasteiger partial charge on any atom is 0.111 e. The summed E-state index contributed by atoms with van der Waals surface area (Å²) >= 11 is 0. The third-order valence-electron chi connectivity index (χ3n) is 3.30. The van der Waals surface area contributed by atoms with Crippen molar-refractivity contribution in [1.29, 1.82) is 0 Å². The van der Waals surface area contributed by atoms with Crippen LogP contribution in [0.1, 0.15) is 12.5 Å². The molecule has 2 rings (SSSR count). The zero-order valence-electron chi connectivity index (χ0n) is 10.6. The fourth-order valence-corrected chi connectivity index (χ4v) is 2.52. The summed E-state index contributed by atoms with van der Waals surface area (Å²) in [4.78, 5) is 0. The number of aliphatic hydroxyl groups excluding tert-OH is 1. The molecule has 5 heteroatoms. The number of nitrogen functional groups attached to an aromatic ring is 1. The van der Waals surface area contributed by atoms with Gasteiger partial charge in [-0.1, -0.05) is 6.92 Å². The van der Waals surface area contributed by atoms with E-state index >= 15 is 0 Å². The Morgan fingerprint density at radius 1 is 1.47 bits per heavy atom. The number of hydrogen-bond donors (Lipinski definition) is 3. The molecule has 2 heterocycles. The van der Waals surface area contributed by atoms with Crippen molar-refractivity contribution in [3.8, 4) is 0 Å². The van der Waals surface area contributed by atoms with Gasteiger partial charge in [-0.05, 0) is 6.42 Å². The minimum Gasteiger partial charge on any atom is -0.395 e. The van der Waals surface area contributed by atoms with Gasteiger partial charge in [-0.15, -0.1) is 0 Å². The lowest BCUT2D eigenvalue weighted by Crippen LogP contribution is -2.07. The molecule has 0 aromatic carbocycles. The topological polar surface area (TPSA) is 68.1 Å². The molecule has 0 saturated heterocycles. The summed E-state index contributed by atoms with van der Waals surface area (Å²) in [6.07, 6.45) is 0.933. The maximum atomic E-state index is 9.17.